The number of rotatable bonds is 9. The fourth-order valence-corrected chi connectivity index (χ4v) is 16.5. The van der Waals surface area contributed by atoms with Crippen molar-refractivity contribution in [1.29, 1.82) is 0 Å². The summed E-state index contributed by atoms with van der Waals surface area (Å²) in [7, 11) is -43.3. The molecular weight excluding hydrogens is 564 g/mol. The summed E-state index contributed by atoms with van der Waals surface area (Å²) in [5.41, 5.74) is -4.13. The fraction of sp³-hybridized carbons (Fsp3) is 1.00. The van der Waals surface area contributed by atoms with Crippen molar-refractivity contribution in [3.8, 4) is 0 Å². The molecule has 0 aliphatic rings. The zero-order valence-corrected chi connectivity index (χ0v) is 20.3. The lowest BCUT2D eigenvalue weighted by Gasteiger charge is -2.56. The van der Waals surface area contributed by atoms with Gasteiger partial charge in [0.1, 0.15) is 0 Å². The van der Waals surface area contributed by atoms with Gasteiger partial charge < -0.3 is 68.4 Å². The zero-order chi connectivity index (χ0) is 26.1. The van der Waals surface area contributed by atoms with Gasteiger partial charge in [-0.25, -0.2) is 0 Å². The second kappa shape index (κ2) is 8.20. The van der Waals surface area contributed by atoms with Gasteiger partial charge in [0.05, 0.1) is 14.1 Å². The Kier molecular flexibility index (Phi) is 8.41. The third kappa shape index (κ3) is 4.83. The van der Waals surface area contributed by atoms with Gasteiger partial charge in [-0.05, 0) is 0 Å². The van der Waals surface area contributed by atoms with Crippen molar-refractivity contribution in [2.24, 2.45) is 0 Å². The maximum absolute atomic E-state index is 12.3. The van der Waals surface area contributed by atoms with Crippen molar-refractivity contribution in [2.45, 2.75) is 15.6 Å². The first-order valence-corrected chi connectivity index (χ1v) is 16.5. The number of quaternary nitrogens is 1. The molecule has 0 aromatic heterocycles. The summed E-state index contributed by atoms with van der Waals surface area (Å²) in [4.78, 5) is 116. The van der Waals surface area contributed by atoms with Crippen LogP contribution in [0.1, 0.15) is 0 Å². The first-order valence-electron chi connectivity index (χ1n) is 6.74. The third-order valence-electron chi connectivity index (χ3n) is 4.05. The minimum absolute atomic E-state index is 0.279. The number of nitrogens with zero attached hydrogens (tertiary/aromatic N) is 1. The normalized spacial score (nSPS) is 19.1. The molecule has 2 atom stereocenters. The number of hydrogen-bond acceptors (Lipinski definition) is 8. The number of aliphatic hydroxyl groups is 1. The fourth-order valence-electron chi connectivity index (χ4n) is 3.27. The first-order chi connectivity index (χ1) is 12.9. The molecule has 0 amide bonds. The summed E-state index contributed by atoms with van der Waals surface area (Å²) in [6.45, 7) is 0. The number of likely N-dealkylation sites (N-methyl/N-ethyl adjacent to an activating group) is 1. The van der Waals surface area contributed by atoms with E-state index in [1.54, 1.807) is 0 Å². The second-order valence-electron chi connectivity index (χ2n) is 6.49. The molecule has 0 aliphatic heterocycles. The van der Waals surface area contributed by atoms with E-state index in [0.29, 0.717) is 0 Å². The van der Waals surface area contributed by atoms with Gasteiger partial charge in [-0.2, -0.15) is 0 Å². The lowest BCUT2D eigenvalue weighted by Crippen LogP contribution is -2.72. The van der Waals surface area contributed by atoms with E-state index in [-0.39, 0.29) is 14.1 Å². The highest BCUT2D eigenvalue weighted by Crippen LogP contribution is 2.89. The van der Waals surface area contributed by atoms with Crippen molar-refractivity contribution >= 4 is 45.6 Å². The van der Waals surface area contributed by atoms with E-state index in [1.165, 1.54) is 0 Å². The topological polar surface area (TPSA) is 368 Å². The highest BCUT2D eigenvalue weighted by molar-refractivity contribution is 7.80. The van der Waals surface area contributed by atoms with Gasteiger partial charge in [-0.15, -0.1) is 0 Å². The minimum atomic E-state index is -7.40. The Balaban J connectivity index is 8.61. The van der Waals surface area contributed by atoms with Crippen molar-refractivity contribution in [1.82, 2.24) is 0 Å². The average Bonchev–Trinajstić information content (AvgIpc) is 2.26. The van der Waals surface area contributed by atoms with Gasteiger partial charge in [0.25, 0.3) is 5.52 Å². The molecule has 0 aromatic carbocycles. The highest BCUT2D eigenvalue weighted by Gasteiger charge is 2.93. The minimum Gasteiger partial charge on any atom is -0.774 e. The van der Waals surface area contributed by atoms with Gasteiger partial charge in [-0.1, -0.05) is 0 Å². The molecule has 2 unspecified atom stereocenters. The Morgan fingerprint density at radius 2 is 0.903 bits per heavy atom. The summed E-state index contributed by atoms with van der Waals surface area (Å²) < 4.78 is 68.3. The molecule has 26 heteroatoms. The molecule has 0 aliphatic carbocycles. The molecule has 0 bridgehead atoms. The van der Waals surface area contributed by atoms with Crippen molar-refractivity contribution in [3.63, 3.8) is 0 Å². The molecule has 31 heavy (non-hydrogen) atoms. The molecule has 0 radical (unpaired) electrons. The predicted octanol–water partition coefficient (Wildman–Crippen LogP) is -3.92. The maximum atomic E-state index is 12.3. The van der Waals surface area contributed by atoms with Crippen LogP contribution in [0.4, 0.5) is 0 Å². The van der Waals surface area contributed by atoms with Crippen LogP contribution in [0.25, 0.3) is 0 Å². The number of hydrogen-bond donors (Lipinski definition) is 12. The molecule has 0 spiro atoms. The average molecular weight is 583 g/mol. The van der Waals surface area contributed by atoms with Crippen LogP contribution in [0, 0.1) is 0 Å². The molecule has 0 saturated carbocycles. The Hall–Kier alpha value is 0.820. The summed E-state index contributed by atoms with van der Waals surface area (Å²) in [5.74, 6) is 0. The van der Waals surface area contributed by atoms with Gasteiger partial charge >= 0.3 is 48.1 Å². The van der Waals surface area contributed by atoms with Crippen LogP contribution < -0.4 is 4.89 Å². The molecule has 12 N–H and O–H groups in total. The van der Waals surface area contributed by atoms with Crippen LogP contribution in [-0.2, 0) is 27.4 Å². The largest absolute Gasteiger partial charge is 0.774 e. The van der Waals surface area contributed by atoms with Crippen LogP contribution in [-0.4, -0.2) is 93.1 Å². The van der Waals surface area contributed by atoms with E-state index >= 15 is 0 Å². The summed E-state index contributed by atoms with van der Waals surface area (Å²) in [6, 6.07) is 0. The lowest BCUT2D eigenvalue weighted by atomic mass is 10.5. The third-order valence-corrected chi connectivity index (χ3v) is 17.6. The zero-order valence-electron chi connectivity index (χ0n) is 14.9. The standard InChI is InChI=1S/C5H19NO19P6/c1-6(2,3(26(8,9)10)27(11,12)13)4(28(14,15)16,29(17,18)19)5(7,30(20,21)22)31(23,24)25/h3,7H,1-2H3,(H11-,8,9,10,11,12,13,14,15,16,17,18,19,20,21,22,23,24,25). The van der Waals surface area contributed by atoms with E-state index < -0.39 is 65.7 Å². The second-order valence-corrected chi connectivity index (χ2v) is 17.8. The molecule has 20 nitrogen and oxygen atoms in total. The van der Waals surface area contributed by atoms with E-state index in [0.717, 1.165) is 0 Å². The van der Waals surface area contributed by atoms with Crippen molar-refractivity contribution in [2.75, 3.05) is 14.1 Å². The summed E-state index contributed by atoms with van der Waals surface area (Å²) in [6.07, 6.45) is 0. The maximum Gasteiger partial charge on any atom is 0.403 e. The molecule has 0 rings (SSSR count). The Labute approximate surface area is 171 Å². The van der Waals surface area contributed by atoms with Crippen LogP contribution in [0.5, 0.6) is 0 Å². The molecule has 0 saturated heterocycles. The predicted molar refractivity (Wildman–Crippen MR) is 93.6 cm³/mol. The van der Waals surface area contributed by atoms with E-state index in [1.807, 2.05) is 0 Å². The van der Waals surface area contributed by atoms with Gasteiger partial charge in [0.2, 0.25) is 7.60 Å². The quantitative estimate of drug-likeness (QED) is 0.0910. The van der Waals surface area contributed by atoms with Gasteiger partial charge in [0, 0.05) is 0 Å². The first kappa shape index (κ1) is 31.8. The van der Waals surface area contributed by atoms with Crippen molar-refractivity contribution < 1.29 is 95.7 Å². The Bertz CT molecular complexity index is 927. The lowest BCUT2D eigenvalue weighted by molar-refractivity contribution is -0.920. The van der Waals surface area contributed by atoms with E-state index in [9.17, 15) is 91.2 Å². The molecular formula is C5H19NO19P6. The Morgan fingerprint density at radius 1 is 0.645 bits per heavy atom. The smallest absolute Gasteiger partial charge is 0.403 e. The Morgan fingerprint density at radius 3 is 1.03 bits per heavy atom. The molecule has 188 valence electrons. The summed E-state index contributed by atoms with van der Waals surface area (Å²) >= 11 is 0. The van der Waals surface area contributed by atoms with Crippen LogP contribution >= 0.6 is 45.6 Å². The van der Waals surface area contributed by atoms with Gasteiger partial charge in [0.15, 0.2) is 0 Å². The monoisotopic (exact) mass is 583 g/mol. The van der Waals surface area contributed by atoms with E-state index in [2.05, 4.69) is 0 Å². The van der Waals surface area contributed by atoms with Crippen LogP contribution in [0.2, 0.25) is 0 Å². The van der Waals surface area contributed by atoms with Crippen LogP contribution in [0.15, 0.2) is 0 Å². The summed E-state index contributed by atoms with van der Waals surface area (Å²) in [5, 5.41) is -1.24. The van der Waals surface area contributed by atoms with Gasteiger partial charge in [-0.3, -0.25) is 27.3 Å². The highest BCUT2D eigenvalue weighted by atomic mass is 31.3. The van der Waals surface area contributed by atoms with Crippen molar-refractivity contribution in [3.05, 3.63) is 0 Å². The molecule has 0 heterocycles. The van der Waals surface area contributed by atoms with Crippen LogP contribution in [0.3, 0.4) is 0 Å². The molecule has 0 aromatic rings. The van der Waals surface area contributed by atoms with E-state index in [4.69, 9.17) is 0 Å². The SMILES string of the molecule is C[N+](C)(C(P(=O)([O-])O)P(=O)(O)O)C(C(O)(P(=O)(O)O)P(=O)(O)O)(P(=O)(O)O)P(=O)(O)O. The molecule has 0 fully saturated rings.